The Hall–Kier alpha value is -0.420. The van der Waals surface area contributed by atoms with Crippen LogP contribution < -0.4 is 0 Å². The normalized spacial score (nSPS) is 14.0. The molecule has 0 heterocycles. The molecule has 0 aliphatic rings. The van der Waals surface area contributed by atoms with E-state index in [1.54, 1.807) is 0 Å². The minimum atomic E-state index is -3.32. The first-order valence-electron chi connectivity index (χ1n) is 4.29. The van der Waals surface area contributed by atoms with Gasteiger partial charge in [-0.15, -0.1) is 0 Å². The highest BCUT2D eigenvalue weighted by molar-refractivity contribution is 7.85. The molecular weight excluding hydrogens is 192 g/mol. The first-order chi connectivity index (χ1) is 5.99. The second-order valence-electron chi connectivity index (χ2n) is 2.97. The van der Waals surface area contributed by atoms with Gasteiger partial charge in [0.2, 0.25) is 0 Å². The maximum Gasteiger partial charge on any atom is 0.264 e. The molecule has 78 valence electrons. The van der Waals surface area contributed by atoms with E-state index in [0.717, 1.165) is 19.0 Å². The van der Waals surface area contributed by atoms with Crippen LogP contribution in [0.3, 0.4) is 0 Å². The Morgan fingerprint density at radius 3 is 2.46 bits per heavy atom. The molecule has 0 rings (SSSR count). The van der Waals surface area contributed by atoms with Crippen molar-refractivity contribution in [1.29, 1.82) is 0 Å². The van der Waals surface area contributed by atoms with Crippen molar-refractivity contribution < 1.29 is 17.4 Å². The molecule has 0 N–H and O–H groups in total. The van der Waals surface area contributed by atoms with Gasteiger partial charge in [-0.3, -0.25) is 4.18 Å². The SMILES string of the molecule is CCC(C=O)CCCOS(C)(=O)=O. The molecular formula is C8H16O4S. The zero-order valence-electron chi connectivity index (χ0n) is 8.02. The van der Waals surface area contributed by atoms with Crippen LogP contribution in [0.2, 0.25) is 0 Å². The van der Waals surface area contributed by atoms with Gasteiger partial charge in [-0.25, -0.2) is 0 Å². The molecule has 0 amide bonds. The van der Waals surface area contributed by atoms with E-state index in [2.05, 4.69) is 4.18 Å². The second-order valence-corrected chi connectivity index (χ2v) is 4.62. The van der Waals surface area contributed by atoms with E-state index < -0.39 is 10.1 Å². The summed E-state index contributed by atoms with van der Waals surface area (Å²) in [5.74, 6) is 0.0307. The summed E-state index contributed by atoms with van der Waals surface area (Å²) < 4.78 is 25.6. The van der Waals surface area contributed by atoms with Crippen LogP contribution in [-0.2, 0) is 19.1 Å². The zero-order chi connectivity index (χ0) is 10.3. The van der Waals surface area contributed by atoms with Gasteiger partial charge in [0, 0.05) is 5.92 Å². The van der Waals surface area contributed by atoms with Gasteiger partial charge < -0.3 is 4.79 Å². The van der Waals surface area contributed by atoms with Crippen LogP contribution in [0.5, 0.6) is 0 Å². The maximum absolute atomic E-state index is 10.5. The minimum Gasteiger partial charge on any atom is -0.303 e. The van der Waals surface area contributed by atoms with E-state index in [4.69, 9.17) is 0 Å². The van der Waals surface area contributed by atoms with E-state index in [1.807, 2.05) is 6.92 Å². The van der Waals surface area contributed by atoms with Crippen molar-refractivity contribution in [2.24, 2.45) is 5.92 Å². The third-order valence-corrected chi connectivity index (χ3v) is 2.33. The fraction of sp³-hybridized carbons (Fsp3) is 0.875. The highest BCUT2D eigenvalue weighted by Gasteiger charge is 2.05. The first-order valence-corrected chi connectivity index (χ1v) is 6.11. The van der Waals surface area contributed by atoms with E-state index >= 15 is 0 Å². The maximum atomic E-state index is 10.5. The van der Waals surface area contributed by atoms with Gasteiger partial charge in [-0.2, -0.15) is 8.42 Å². The standard InChI is InChI=1S/C8H16O4S/c1-3-8(7-9)5-4-6-12-13(2,10)11/h7-8H,3-6H2,1-2H3. The van der Waals surface area contributed by atoms with Crippen molar-refractivity contribution >= 4 is 16.4 Å². The van der Waals surface area contributed by atoms with E-state index in [1.165, 1.54) is 0 Å². The van der Waals surface area contributed by atoms with E-state index in [9.17, 15) is 13.2 Å². The molecule has 0 bridgehead atoms. The van der Waals surface area contributed by atoms with Gasteiger partial charge in [0.25, 0.3) is 10.1 Å². The Kier molecular flexibility index (Phi) is 5.90. The number of rotatable bonds is 7. The minimum absolute atomic E-state index is 0.0307. The number of hydrogen-bond acceptors (Lipinski definition) is 4. The Labute approximate surface area is 79.4 Å². The number of hydrogen-bond donors (Lipinski definition) is 0. The molecule has 0 aliphatic carbocycles. The lowest BCUT2D eigenvalue weighted by Gasteiger charge is -2.05. The topological polar surface area (TPSA) is 60.4 Å². The molecule has 0 saturated heterocycles. The zero-order valence-corrected chi connectivity index (χ0v) is 8.84. The second kappa shape index (κ2) is 6.10. The van der Waals surface area contributed by atoms with Gasteiger partial charge in [-0.1, -0.05) is 6.92 Å². The monoisotopic (exact) mass is 208 g/mol. The average molecular weight is 208 g/mol. The van der Waals surface area contributed by atoms with Crippen molar-refractivity contribution in [1.82, 2.24) is 0 Å². The summed E-state index contributed by atoms with van der Waals surface area (Å²) in [6.45, 7) is 2.10. The Bertz CT molecular complexity index is 233. The molecule has 5 heteroatoms. The van der Waals surface area contributed by atoms with Crippen LogP contribution in [0, 0.1) is 5.92 Å². The van der Waals surface area contributed by atoms with E-state index in [0.29, 0.717) is 12.8 Å². The van der Waals surface area contributed by atoms with Crippen LogP contribution in [0.15, 0.2) is 0 Å². The summed E-state index contributed by atoms with van der Waals surface area (Å²) in [5, 5.41) is 0. The number of carbonyl (C=O) groups excluding carboxylic acids is 1. The molecule has 0 aliphatic heterocycles. The van der Waals surface area contributed by atoms with Crippen molar-refractivity contribution in [3.8, 4) is 0 Å². The lowest BCUT2D eigenvalue weighted by atomic mass is 10.0. The van der Waals surface area contributed by atoms with Crippen molar-refractivity contribution in [2.45, 2.75) is 26.2 Å². The molecule has 0 radical (unpaired) electrons. The Morgan fingerprint density at radius 1 is 1.46 bits per heavy atom. The van der Waals surface area contributed by atoms with Gasteiger partial charge in [0.15, 0.2) is 0 Å². The van der Waals surface area contributed by atoms with E-state index in [-0.39, 0.29) is 12.5 Å². The molecule has 4 nitrogen and oxygen atoms in total. The smallest absolute Gasteiger partial charge is 0.264 e. The highest BCUT2D eigenvalue weighted by Crippen LogP contribution is 2.07. The largest absolute Gasteiger partial charge is 0.303 e. The van der Waals surface area contributed by atoms with Crippen LogP contribution in [0.4, 0.5) is 0 Å². The fourth-order valence-electron chi connectivity index (χ4n) is 0.924. The molecule has 1 unspecified atom stereocenters. The summed E-state index contributed by atoms with van der Waals surface area (Å²) in [5.41, 5.74) is 0. The predicted molar refractivity (Wildman–Crippen MR) is 49.9 cm³/mol. The first kappa shape index (κ1) is 12.6. The van der Waals surface area contributed by atoms with Crippen molar-refractivity contribution in [3.63, 3.8) is 0 Å². The predicted octanol–water partition coefficient (Wildman–Crippen LogP) is 0.968. The fourth-order valence-corrected chi connectivity index (χ4v) is 1.34. The highest BCUT2D eigenvalue weighted by atomic mass is 32.2. The summed E-state index contributed by atoms with van der Waals surface area (Å²) in [7, 11) is -3.32. The van der Waals surface area contributed by atoms with Gasteiger partial charge >= 0.3 is 0 Å². The Balaban J connectivity index is 3.51. The summed E-state index contributed by atoms with van der Waals surface area (Å²) in [6, 6.07) is 0. The Morgan fingerprint density at radius 2 is 2.08 bits per heavy atom. The molecule has 0 spiro atoms. The van der Waals surface area contributed by atoms with Crippen LogP contribution >= 0.6 is 0 Å². The van der Waals surface area contributed by atoms with Gasteiger partial charge in [-0.05, 0) is 19.3 Å². The summed E-state index contributed by atoms with van der Waals surface area (Å²) >= 11 is 0. The molecule has 13 heavy (non-hydrogen) atoms. The number of carbonyl (C=O) groups is 1. The lowest BCUT2D eigenvalue weighted by molar-refractivity contribution is -0.111. The van der Waals surface area contributed by atoms with Gasteiger partial charge in [0.05, 0.1) is 12.9 Å². The van der Waals surface area contributed by atoms with Crippen LogP contribution in [0.1, 0.15) is 26.2 Å². The third kappa shape index (κ3) is 7.93. The van der Waals surface area contributed by atoms with Crippen LogP contribution in [-0.4, -0.2) is 27.6 Å². The molecule has 0 aromatic rings. The third-order valence-electron chi connectivity index (χ3n) is 1.73. The average Bonchev–Trinajstić information content (AvgIpc) is 2.03. The molecule has 0 aromatic heterocycles. The number of aldehydes is 1. The molecule has 1 atom stereocenters. The van der Waals surface area contributed by atoms with Crippen molar-refractivity contribution in [3.05, 3.63) is 0 Å². The van der Waals surface area contributed by atoms with Crippen LogP contribution in [0.25, 0.3) is 0 Å². The van der Waals surface area contributed by atoms with Gasteiger partial charge in [0.1, 0.15) is 6.29 Å². The lowest BCUT2D eigenvalue weighted by Crippen LogP contribution is -2.07. The molecule has 0 saturated carbocycles. The summed E-state index contributed by atoms with van der Waals surface area (Å²) in [4.78, 5) is 10.4. The quantitative estimate of drug-likeness (QED) is 0.355. The molecule has 0 aromatic carbocycles. The molecule has 0 fully saturated rings. The summed E-state index contributed by atoms with van der Waals surface area (Å²) in [6.07, 6.45) is 4.01. The van der Waals surface area contributed by atoms with Crippen molar-refractivity contribution in [2.75, 3.05) is 12.9 Å².